The Morgan fingerprint density at radius 1 is 1.27 bits per heavy atom. The monoisotopic (exact) mass is 227 g/mol. The second-order valence-electron chi connectivity index (χ2n) is 1.99. The summed E-state index contributed by atoms with van der Waals surface area (Å²) in [6.45, 7) is 2.11. The van der Waals surface area contributed by atoms with Gasteiger partial charge in [0.05, 0.1) is 0 Å². The van der Waals surface area contributed by atoms with Gasteiger partial charge in [0.1, 0.15) is 0 Å². The molecule has 1 N–H and O–H groups in total. The summed E-state index contributed by atoms with van der Waals surface area (Å²) in [5, 5.41) is 7.00. The lowest BCUT2D eigenvalue weighted by atomic mass is 10.2. The highest BCUT2D eigenvalue weighted by atomic mass is 79.9. The fourth-order valence-corrected chi connectivity index (χ4v) is 1.17. The standard InChI is InChI=1S/C7H7.CH4O.BrH.Mg/c1-7-5-3-2-4-6-7;1-2;;/h2-3,5-6H,1H3;2H,1H3;1H;/q;;;+2. The van der Waals surface area contributed by atoms with Crippen LogP contribution in [0.25, 0.3) is 0 Å². The first-order chi connectivity index (χ1) is 4.79. The summed E-state index contributed by atoms with van der Waals surface area (Å²) >= 11 is 1.92. The zero-order valence-electron chi connectivity index (χ0n) is 6.87. The van der Waals surface area contributed by atoms with Crippen molar-refractivity contribution in [3.05, 3.63) is 29.8 Å². The average Bonchev–Trinajstić information content (AvgIpc) is 1.91. The van der Waals surface area contributed by atoms with Crippen LogP contribution in [0.1, 0.15) is 5.56 Å². The van der Waals surface area contributed by atoms with Crippen molar-refractivity contribution >= 4 is 42.4 Å². The molecule has 0 unspecified atom stereocenters. The number of aliphatic hydroxyl groups excluding tert-OH is 1. The van der Waals surface area contributed by atoms with Gasteiger partial charge in [0.15, 0.2) is 0 Å². The van der Waals surface area contributed by atoms with E-state index in [4.69, 9.17) is 5.11 Å². The lowest BCUT2D eigenvalue weighted by molar-refractivity contribution is 0.399. The first-order valence-electron chi connectivity index (χ1n) is 3.12. The minimum Gasteiger partial charge on any atom is -0.400 e. The summed E-state index contributed by atoms with van der Waals surface area (Å²) in [6, 6.07) is 8.49. The van der Waals surface area contributed by atoms with Crippen molar-refractivity contribution in [3.8, 4) is 0 Å². The van der Waals surface area contributed by atoms with E-state index in [1.54, 1.807) is 0 Å². The Kier molecular flexibility index (Phi) is 10.8. The van der Waals surface area contributed by atoms with Crippen molar-refractivity contribution in [2.75, 3.05) is 7.11 Å². The van der Waals surface area contributed by atoms with Crippen LogP contribution in [-0.2, 0) is 0 Å². The fourth-order valence-electron chi connectivity index (χ4n) is 0.712. The molecule has 0 heterocycles. The van der Waals surface area contributed by atoms with Gasteiger partial charge < -0.3 is 5.11 Å². The lowest BCUT2D eigenvalue weighted by Crippen LogP contribution is -1.99. The Hall–Kier alpha value is 0.426. The SMILES string of the molecule is Br.CO.Cc1ccc[c]([Mg+2])c1. The summed E-state index contributed by atoms with van der Waals surface area (Å²) in [6.07, 6.45) is 0. The number of rotatable bonds is 0. The van der Waals surface area contributed by atoms with E-state index >= 15 is 0 Å². The highest BCUT2D eigenvalue weighted by Gasteiger charge is 2.29. The molecular weight excluding hydrogens is 216 g/mol. The Morgan fingerprint density at radius 3 is 2.09 bits per heavy atom. The Balaban J connectivity index is 0. The van der Waals surface area contributed by atoms with Gasteiger partial charge in [0.2, 0.25) is 0 Å². The molecule has 0 saturated heterocycles. The number of hydrogen-bond acceptors (Lipinski definition) is 1. The maximum absolute atomic E-state index is 7.00. The molecule has 3 heteroatoms. The van der Waals surface area contributed by atoms with Gasteiger partial charge in [0.25, 0.3) is 0 Å². The molecule has 0 amide bonds. The third kappa shape index (κ3) is 6.81. The van der Waals surface area contributed by atoms with Gasteiger partial charge >= 0.3 is 25.4 Å². The van der Waals surface area contributed by atoms with E-state index in [2.05, 4.69) is 31.2 Å². The average molecular weight is 228 g/mol. The largest absolute Gasteiger partial charge is 1.47 e. The third-order valence-electron chi connectivity index (χ3n) is 1.08. The minimum absolute atomic E-state index is 0. The number of halogens is 1. The summed E-state index contributed by atoms with van der Waals surface area (Å²) < 4.78 is 1.37. The fraction of sp³-hybridized carbons (Fsp3) is 0.250. The number of aryl methyl sites for hydroxylation is 1. The molecule has 0 aromatic heterocycles. The van der Waals surface area contributed by atoms with Gasteiger partial charge in [-0.25, -0.2) is 0 Å². The van der Waals surface area contributed by atoms with E-state index in [9.17, 15) is 0 Å². The summed E-state index contributed by atoms with van der Waals surface area (Å²) in [7, 11) is 1.00. The summed E-state index contributed by atoms with van der Waals surface area (Å²) in [4.78, 5) is 0. The second-order valence-corrected chi connectivity index (χ2v) is 2.81. The Bertz CT molecular complexity index is 174. The Labute approximate surface area is 91.0 Å². The van der Waals surface area contributed by atoms with Crippen LogP contribution in [0.15, 0.2) is 24.3 Å². The van der Waals surface area contributed by atoms with Crippen molar-refractivity contribution in [1.29, 1.82) is 0 Å². The minimum atomic E-state index is 0. The second kappa shape index (κ2) is 8.52. The molecule has 0 aliphatic rings. The maximum atomic E-state index is 7.00. The summed E-state index contributed by atoms with van der Waals surface area (Å²) in [5.74, 6) is 0. The Morgan fingerprint density at radius 2 is 1.82 bits per heavy atom. The van der Waals surface area contributed by atoms with E-state index in [0.29, 0.717) is 0 Å². The van der Waals surface area contributed by atoms with Crippen LogP contribution in [-0.4, -0.2) is 33.9 Å². The molecule has 1 aromatic rings. The van der Waals surface area contributed by atoms with Crippen molar-refractivity contribution in [3.63, 3.8) is 0 Å². The first-order valence-corrected chi connectivity index (χ1v) is 3.83. The molecule has 0 fully saturated rings. The quantitative estimate of drug-likeness (QED) is 0.656. The molecular formula is C8H12BrMgO+2. The van der Waals surface area contributed by atoms with E-state index in [0.717, 1.165) is 7.11 Å². The van der Waals surface area contributed by atoms with Gasteiger partial charge in [-0.3, -0.25) is 0 Å². The van der Waals surface area contributed by atoms with Gasteiger partial charge in [0, 0.05) is 19.2 Å². The van der Waals surface area contributed by atoms with Crippen LogP contribution in [0, 0.1) is 6.92 Å². The van der Waals surface area contributed by atoms with E-state index < -0.39 is 0 Å². The van der Waals surface area contributed by atoms with Gasteiger partial charge in [-0.1, -0.05) is 12.1 Å². The molecule has 1 rings (SSSR count). The first kappa shape index (κ1) is 14.0. The topological polar surface area (TPSA) is 20.2 Å². The third-order valence-corrected chi connectivity index (χ3v) is 1.52. The lowest BCUT2D eigenvalue weighted by Gasteiger charge is -1.79. The van der Waals surface area contributed by atoms with E-state index in [-0.39, 0.29) is 17.0 Å². The molecule has 0 saturated carbocycles. The molecule has 0 atom stereocenters. The molecule has 7 radical (unpaired) electrons. The maximum Gasteiger partial charge on any atom is 1.47 e. The molecule has 0 aliphatic carbocycles. The van der Waals surface area contributed by atoms with Gasteiger partial charge in [-0.2, -0.15) is 0 Å². The van der Waals surface area contributed by atoms with Crippen molar-refractivity contribution < 1.29 is 5.11 Å². The van der Waals surface area contributed by atoms with Crippen LogP contribution in [0.2, 0.25) is 0 Å². The predicted molar refractivity (Wildman–Crippen MR) is 55.0 cm³/mol. The number of benzene rings is 1. The molecule has 1 aromatic carbocycles. The number of hydrogen-bond donors (Lipinski definition) is 1. The molecule has 0 bridgehead atoms. The van der Waals surface area contributed by atoms with Crippen molar-refractivity contribution in [2.45, 2.75) is 6.92 Å². The van der Waals surface area contributed by atoms with Gasteiger partial charge in [-0.15, -0.1) is 17.0 Å². The smallest absolute Gasteiger partial charge is 0.400 e. The van der Waals surface area contributed by atoms with Gasteiger partial charge in [-0.05, 0) is 12.5 Å². The molecule has 57 valence electrons. The highest BCUT2D eigenvalue weighted by Crippen LogP contribution is 1.89. The molecule has 1 nitrogen and oxygen atoms in total. The molecule has 0 aliphatic heterocycles. The van der Waals surface area contributed by atoms with Crippen LogP contribution >= 0.6 is 17.0 Å². The predicted octanol–water partition coefficient (Wildman–Crippen LogP) is 0.975. The normalized spacial score (nSPS) is 7.27. The summed E-state index contributed by atoms with van der Waals surface area (Å²) in [5.41, 5.74) is 1.34. The zero-order chi connectivity index (χ0) is 7.98. The zero-order valence-corrected chi connectivity index (χ0v) is 10.00. The molecule has 11 heavy (non-hydrogen) atoms. The van der Waals surface area contributed by atoms with Crippen molar-refractivity contribution in [1.82, 2.24) is 0 Å². The van der Waals surface area contributed by atoms with E-state index in [1.807, 2.05) is 21.7 Å². The van der Waals surface area contributed by atoms with Crippen LogP contribution in [0.4, 0.5) is 0 Å². The van der Waals surface area contributed by atoms with Crippen molar-refractivity contribution in [2.24, 2.45) is 0 Å². The molecule has 0 spiro atoms. The van der Waals surface area contributed by atoms with Crippen LogP contribution in [0.3, 0.4) is 0 Å². The van der Waals surface area contributed by atoms with Crippen LogP contribution < -0.4 is 3.69 Å². The van der Waals surface area contributed by atoms with Crippen LogP contribution in [0.5, 0.6) is 0 Å². The number of aliphatic hydroxyl groups is 1. The van der Waals surface area contributed by atoms with E-state index in [1.165, 1.54) is 9.26 Å². The highest BCUT2D eigenvalue weighted by molar-refractivity contribution is 8.93.